The van der Waals surface area contributed by atoms with Gasteiger partial charge in [-0.1, -0.05) is 31.2 Å². The minimum Gasteiger partial charge on any atom is -0.493 e. The first-order valence-electron chi connectivity index (χ1n) is 7.31. The van der Waals surface area contributed by atoms with E-state index in [1.54, 1.807) is 21.3 Å². The van der Waals surface area contributed by atoms with Gasteiger partial charge < -0.3 is 19.9 Å². The van der Waals surface area contributed by atoms with Gasteiger partial charge in [-0.15, -0.1) is 0 Å². The van der Waals surface area contributed by atoms with Gasteiger partial charge in [0.25, 0.3) is 0 Å². The van der Waals surface area contributed by atoms with Gasteiger partial charge in [-0.05, 0) is 29.7 Å². The fourth-order valence-corrected chi connectivity index (χ4v) is 2.47. The van der Waals surface area contributed by atoms with Gasteiger partial charge in [0.15, 0.2) is 11.5 Å². The van der Waals surface area contributed by atoms with E-state index in [4.69, 9.17) is 19.9 Å². The Kier molecular flexibility index (Phi) is 5.28. The van der Waals surface area contributed by atoms with E-state index in [1.807, 2.05) is 12.1 Å². The van der Waals surface area contributed by atoms with E-state index in [2.05, 4.69) is 31.2 Å². The molecule has 0 aromatic heterocycles. The van der Waals surface area contributed by atoms with Crippen LogP contribution in [0.15, 0.2) is 36.4 Å². The Morgan fingerprint density at radius 2 is 1.50 bits per heavy atom. The SMILES string of the molecule is CCC(N)c1ccc(-c2ccc(OC)c(OC)c2OC)cc1. The molecule has 2 N–H and O–H groups in total. The molecule has 4 nitrogen and oxygen atoms in total. The quantitative estimate of drug-likeness (QED) is 0.882. The van der Waals surface area contributed by atoms with Crippen LogP contribution in [0.4, 0.5) is 0 Å². The van der Waals surface area contributed by atoms with Crippen molar-refractivity contribution in [3.8, 4) is 28.4 Å². The molecule has 2 aromatic rings. The van der Waals surface area contributed by atoms with Crippen molar-refractivity contribution in [2.45, 2.75) is 19.4 Å². The van der Waals surface area contributed by atoms with Crippen LogP contribution in [-0.2, 0) is 0 Å². The molecule has 0 saturated carbocycles. The monoisotopic (exact) mass is 301 g/mol. The molecule has 2 rings (SSSR count). The molecule has 0 saturated heterocycles. The summed E-state index contributed by atoms with van der Waals surface area (Å²) in [7, 11) is 4.84. The molecular weight excluding hydrogens is 278 g/mol. The summed E-state index contributed by atoms with van der Waals surface area (Å²) in [6.45, 7) is 2.08. The molecule has 118 valence electrons. The van der Waals surface area contributed by atoms with Gasteiger partial charge in [-0.2, -0.15) is 0 Å². The average molecular weight is 301 g/mol. The molecule has 1 atom stereocenters. The summed E-state index contributed by atoms with van der Waals surface area (Å²) in [6.07, 6.45) is 0.916. The third kappa shape index (κ3) is 3.02. The normalized spacial score (nSPS) is 11.9. The van der Waals surface area contributed by atoms with E-state index in [0.717, 1.165) is 23.1 Å². The Balaban J connectivity index is 2.48. The van der Waals surface area contributed by atoms with E-state index >= 15 is 0 Å². The van der Waals surface area contributed by atoms with Crippen LogP contribution in [-0.4, -0.2) is 21.3 Å². The molecule has 4 heteroatoms. The zero-order valence-electron chi connectivity index (χ0n) is 13.6. The zero-order chi connectivity index (χ0) is 16.1. The smallest absolute Gasteiger partial charge is 0.203 e. The van der Waals surface area contributed by atoms with Gasteiger partial charge in [-0.3, -0.25) is 0 Å². The predicted molar refractivity (Wildman–Crippen MR) is 88.8 cm³/mol. The largest absolute Gasteiger partial charge is 0.493 e. The number of benzene rings is 2. The summed E-state index contributed by atoms with van der Waals surface area (Å²) in [5, 5.41) is 0. The van der Waals surface area contributed by atoms with Crippen molar-refractivity contribution in [2.24, 2.45) is 5.73 Å². The minimum atomic E-state index is 0.0707. The molecule has 0 fully saturated rings. The summed E-state index contributed by atoms with van der Waals surface area (Å²) >= 11 is 0. The highest BCUT2D eigenvalue weighted by Crippen LogP contribution is 2.44. The highest BCUT2D eigenvalue weighted by atomic mass is 16.5. The molecule has 0 heterocycles. The van der Waals surface area contributed by atoms with Gasteiger partial charge in [0, 0.05) is 11.6 Å². The van der Waals surface area contributed by atoms with Crippen LogP contribution in [0, 0.1) is 0 Å². The molecule has 0 aliphatic rings. The van der Waals surface area contributed by atoms with Gasteiger partial charge in [-0.25, -0.2) is 0 Å². The second-order valence-electron chi connectivity index (χ2n) is 5.02. The lowest BCUT2D eigenvalue weighted by molar-refractivity contribution is 0.325. The molecular formula is C18H23NO3. The number of hydrogen-bond acceptors (Lipinski definition) is 4. The topological polar surface area (TPSA) is 53.7 Å². The molecule has 22 heavy (non-hydrogen) atoms. The highest BCUT2D eigenvalue weighted by Gasteiger charge is 2.17. The molecule has 0 aliphatic heterocycles. The Morgan fingerprint density at radius 1 is 0.864 bits per heavy atom. The molecule has 0 spiro atoms. The lowest BCUT2D eigenvalue weighted by Gasteiger charge is -2.16. The molecule has 0 aliphatic carbocycles. The number of rotatable bonds is 6. The van der Waals surface area contributed by atoms with Crippen molar-refractivity contribution in [3.05, 3.63) is 42.0 Å². The molecule has 0 bridgehead atoms. The van der Waals surface area contributed by atoms with Gasteiger partial charge in [0.2, 0.25) is 5.75 Å². The first-order valence-corrected chi connectivity index (χ1v) is 7.31. The first-order chi connectivity index (χ1) is 10.7. The minimum absolute atomic E-state index is 0.0707. The highest BCUT2D eigenvalue weighted by molar-refractivity contribution is 5.76. The molecule has 0 radical (unpaired) electrons. The van der Waals surface area contributed by atoms with Crippen LogP contribution >= 0.6 is 0 Å². The van der Waals surface area contributed by atoms with Crippen LogP contribution < -0.4 is 19.9 Å². The predicted octanol–water partition coefficient (Wildman–Crippen LogP) is 3.79. The maximum absolute atomic E-state index is 6.06. The average Bonchev–Trinajstić information content (AvgIpc) is 2.59. The zero-order valence-corrected chi connectivity index (χ0v) is 13.6. The Bertz CT molecular complexity index is 623. The number of nitrogens with two attached hydrogens (primary N) is 1. The van der Waals surface area contributed by atoms with Gasteiger partial charge in [0.1, 0.15) is 0 Å². The Morgan fingerprint density at radius 3 is 2.00 bits per heavy atom. The molecule has 0 amide bonds. The fraction of sp³-hybridized carbons (Fsp3) is 0.333. The second-order valence-corrected chi connectivity index (χ2v) is 5.02. The van der Waals surface area contributed by atoms with E-state index in [1.165, 1.54) is 0 Å². The third-order valence-corrected chi connectivity index (χ3v) is 3.79. The Labute approximate surface area is 131 Å². The third-order valence-electron chi connectivity index (χ3n) is 3.79. The standard InChI is InChI=1S/C18H23NO3/c1-5-15(19)13-8-6-12(7-9-13)14-10-11-16(20-2)18(22-4)17(14)21-3/h6-11,15H,5,19H2,1-4H3. The van der Waals surface area contributed by atoms with E-state index < -0.39 is 0 Å². The Hall–Kier alpha value is -2.20. The summed E-state index contributed by atoms with van der Waals surface area (Å²) in [5.41, 5.74) is 9.19. The maximum Gasteiger partial charge on any atom is 0.203 e. The van der Waals surface area contributed by atoms with Crippen molar-refractivity contribution in [2.75, 3.05) is 21.3 Å². The lowest BCUT2D eigenvalue weighted by Crippen LogP contribution is -2.08. The first kappa shape index (κ1) is 16.2. The molecule has 1 unspecified atom stereocenters. The number of hydrogen-bond donors (Lipinski definition) is 1. The number of methoxy groups -OCH3 is 3. The summed E-state index contributed by atoms with van der Waals surface area (Å²) in [4.78, 5) is 0. The van der Waals surface area contributed by atoms with Crippen LogP contribution in [0.5, 0.6) is 17.2 Å². The maximum atomic E-state index is 6.06. The van der Waals surface area contributed by atoms with Gasteiger partial charge in [0.05, 0.1) is 21.3 Å². The van der Waals surface area contributed by atoms with E-state index in [9.17, 15) is 0 Å². The van der Waals surface area contributed by atoms with Crippen molar-refractivity contribution in [3.63, 3.8) is 0 Å². The van der Waals surface area contributed by atoms with Crippen molar-refractivity contribution in [1.82, 2.24) is 0 Å². The fourth-order valence-electron chi connectivity index (χ4n) is 2.47. The van der Waals surface area contributed by atoms with E-state index in [0.29, 0.717) is 17.2 Å². The van der Waals surface area contributed by atoms with Gasteiger partial charge >= 0.3 is 0 Å². The van der Waals surface area contributed by atoms with Crippen LogP contribution in [0.25, 0.3) is 11.1 Å². The van der Waals surface area contributed by atoms with Crippen LogP contribution in [0.1, 0.15) is 24.9 Å². The lowest BCUT2D eigenvalue weighted by atomic mass is 9.99. The summed E-state index contributed by atoms with van der Waals surface area (Å²) in [5.74, 6) is 1.90. The van der Waals surface area contributed by atoms with Crippen LogP contribution in [0.3, 0.4) is 0 Å². The van der Waals surface area contributed by atoms with Crippen molar-refractivity contribution in [1.29, 1.82) is 0 Å². The molecule has 2 aromatic carbocycles. The van der Waals surface area contributed by atoms with Crippen LogP contribution in [0.2, 0.25) is 0 Å². The van der Waals surface area contributed by atoms with Crippen molar-refractivity contribution < 1.29 is 14.2 Å². The van der Waals surface area contributed by atoms with E-state index in [-0.39, 0.29) is 6.04 Å². The van der Waals surface area contributed by atoms with Crippen molar-refractivity contribution >= 4 is 0 Å². The summed E-state index contributed by atoms with van der Waals surface area (Å²) < 4.78 is 16.3. The summed E-state index contributed by atoms with van der Waals surface area (Å²) in [6, 6.07) is 12.1. The number of ether oxygens (including phenoxy) is 3. The second kappa shape index (κ2) is 7.18.